The fourth-order valence-corrected chi connectivity index (χ4v) is 3.10. The number of rotatable bonds is 6. The molecule has 1 heterocycles. The van der Waals surface area contributed by atoms with Gasteiger partial charge in [-0.25, -0.2) is 0 Å². The average Bonchev–Trinajstić information content (AvgIpc) is 2.67. The van der Waals surface area contributed by atoms with Crippen LogP contribution in [-0.2, 0) is 11.3 Å². The van der Waals surface area contributed by atoms with Crippen LogP contribution in [0.25, 0.3) is 0 Å². The maximum atomic E-state index is 6.49. The van der Waals surface area contributed by atoms with Gasteiger partial charge in [-0.2, -0.15) is 0 Å². The molecular formula is C20H26ClNO3. The van der Waals surface area contributed by atoms with Crippen molar-refractivity contribution >= 4 is 12.4 Å². The van der Waals surface area contributed by atoms with Gasteiger partial charge in [0.1, 0.15) is 6.61 Å². The van der Waals surface area contributed by atoms with E-state index in [4.69, 9.17) is 19.9 Å². The molecule has 25 heavy (non-hydrogen) atoms. The van der Waals surface area contributed by atoms with Crippen LogP contribution in [0.3, 0.4) is 0 Å². The van der Waals surface area contributed by atoms with E-state index in [9.17, 15) is 0 Å². The van der Waals surface area contributed by atoms with Gasteiger partial charge in [0.25, 0.3) is 0 Å². The molecule has 3 rings (SSSR count). The van der Waals surface area contributed by atoms with E-state index in [-0.39, 0.29) is 18.4 Å². The van der Waals surface area contributed by atoms with Crippen molar-refractivity contribution in [2.75, 3.05) is 20.3 Å². The van der Waals surface area contributed by atoms with Gasteiger partial charge in [-0.15, -0.1) is 12.4 Å². The molecule has 2 aromatic carbocycles. The summed E-state index contributed by atoms with van der Waals surface area (Å²) in [4.78, 5) is 0. The fourth-order valence-electron chi connectivity index (χ4n) is 3.10. The molecule has 136 valence electrons. The third kappa shape index (κ3) is 5.11. The molecule has 1 atom stereocenters. The van der Waals surface area contributed by atoms with E-state index in [1.807, 2.05) is 48.5 Å². The first kappa shape index (κ1) is 19.6. The van der Waals surface area contributed by atoms with Gasteiger partial charge in [0.2, 0.25) is 0 Å². The first-order chi connectivity index (χ1) is 11.8. The molecule has 0 saturated carbocycles. The molecule has 0 aromatic heterocycles. The Balaban J connectivity index is 0.00000225. The lowest BCUT2D eigenvalue weighted by Gasteiger charge is -2.28. The van der Waals surface area contributed by atoms with Crippen molar-refractivity contribution in [2.24, 2.45) is 11.7 Å². The summed E-state index contributed by atoms with van der Waals surface area (Å²) in [6, 6.07) is 16.1. The quantitative estimate of drug-likeness (QED) is 0.838. The van der Waals surface area contributed by atoms with Gasteiger partial charge in [0, 0.05) is 19.3 Å². The van der Waals surface area contributed by atoms with Crippen LogP contribution in [0.4, 0.5) is 0 Å². The highest BCUT2D eigenvalue weighted by Gasteiger charge is 2.23. The minimum absolute atomic E-state index is 0. The number of halogens is 1. The van der Waals surface area contributed by atoms with Gasteiger partial charge in [-0.05, 0) is 42.0 Å². The number of methoxy groups -OCH3 is 1. The van der Waals surface area contributed by atoms with E-state index < -0.39 is 0 Å². The van der Waals surface area contributed by atoms with Crippen molar-refractivity contribution in [3.05, 3.63) is 59.7 Å². The Kier molecular flexibility index (Phi) is 7.56. The summed E-state index contributed by atoms with van der Waals surface area (Å²) in [5.74, 6) is 1.92. The standard InChI is InChI=1S/C20H25NO3.ClH/c1-22-18-8-7-17(20(21)16-9-11-23-12-10-16)13-19(18)24-14-15-5-3-2-4-6-15;/h2-8,13,16,20H,9-12,14,21H2,1H3;1H/t20-;/m1./s1. The lowest BCUT2D eigenvalue weighted by Crippen LogP contribution is -2.27. The van der Waals surface area contributed by atoms with Crippen LogP contribution in [0.1, 0.15) is 30.0 Å². The Morgan fingerprint density at radius 3 is 2.48 bits per heavy atom. The van der Waals surface area contributed by atoms with Crippen LogP contribution in [0, 0.1) is 5.92 Å². The van der Waals surface area contributed by atoms with E-state index in [1.54, 1.807) is 7.11 Å². The molecule has 0 radical (unpaired) electrons. The van der Waals surface area contributed by atoms with Gasteiger partial charge in [0.05, 0.1) is 7.11 Å². The molecule has 5 heteroatoms. The molecule has 1 saturated heterocycles. The Morgan fingerprint density at radius 2 is 1.80 bits per heavy atom. The van der Waals surface area contributed by atoms with Gasteiger partial charge >= 0.3 is 0 Å². The Bertz CT molecular complexity index is 645. The zero-order chi connectivity index (χ0) is 16.8. The summed E-state index contributed by atoms with van der Waals surface area (Å²) < 4.78 is 16.8. The van der Waals surface area contributed by atoms with Crippen molar-refractivity contribution in [3.8, 4) is 11.5 Å². The SMILES string of the molecule is COc1ccc([C@H](N)C2CCOCC2)cc1OCc1ccccc1.Cl. The van der Waals surface area contributed by atoms with Gasteiger partial charge < -0.3 is 19.9 Å². The van der Waals surface area contributed by atoms with Crippen molar-refractivity contribution < 1.29 is 14.2 Å². The maximum Gasteiger partial charge on any atom is 0.161 e. The van der Waals surface area contributed by atoms with E-state index in [1.165, 1.54) is 0 Å². The normalized spacial score (nSPS) is 15.9. The van der Waals surface area contributed by atoms with Crippen molar-refractivity contribution in [2.45, 2.75) is 25.5 Å². The van der Waals surface area contributed by atoms with Crippen LogP contribution in [0.2, 0.25) is 0 Å². The van der Waals surface area contributed by atoms with Crippen LogP contribution in [0.15, 0.2) is 48.5 Å². The Morgan fingerprint density at radius 1 is 1.08 bits per heavy atom. The second-order valence-electron chi connectivity index (χ2n) is 6.16. The highest BCUT2D eigenvalue weighted by atomic mass is 35.5. The molecule has 0 bridgehead atoms. The first-order valence-electron chi connectivity index (χ1n) is 8.46. The first-order valence-corrected chi connectivity index (χ1v) is 8.46. The molecular weight excluding hydrogens is 338 g/mol. The molecule has 1 fully saturated rings. The maximum absolute atomic E-state index is 6.49. The van der Waals surface area contributed by atoms with Crippen LogP contribution >= 0.6 is 12.4 Å². The summed E-state index contributed by atoms with van der Waals surface area (Å²) in [5.41, 5.74) is 8.70. The number of hydrogen-bond donors (Lipinski definition) is 1. The highest BCUT2D eigenvalue weighted by Crippen LogP contribution is 2.34. The van der Waals surface area contributed by atoms with Gasteiger partial charge in [-0.1, -0.05) is 36.4 Å². The predicted molar refractivity (Wildman–Crippen MR) is 101 cm³/mol. The number of hydrogen-bond acceptors (Lipinski definition) is 4. The summed E-state index contributed by atoms with van der Waals surface area (Å²) in [7, 11) is 1.66. The monoisotopic (exact) mass is 363 g/mol. The van der Waals surface area contributed by atoms with Crippen molar-refractivity contribution in [3.63, 3.8) is 0 Å². The summed E-state index contributed by atoms with van der Waals surface area (Å²) in [6.07, 6.45) is 2.01. The highest BCUT2D eigenvalue weighted by molar-refractivity contribution is 5.85. The lowest BCUT2D eigenvalue weighted by atomic mass is 9.87. The zero-order valence-corrected chi connectivity index (χ0v) is 15.3. The second kappa shape index (κ2) is 9.66. The lowest BCUT2D eigenvalue weighted by molar-refractivity contribution is 0.0583. The number of nitrogens with two attached hydrogens (primary N) is 1. The van der Waals surface area contributed by atoms with Crippen LogP contribution in [0.5, 0.6) is 11.5 Å². The Labute approximate surface area is 155 Å². The molecule has 0 aliphatic carbocycles. The molecule has 0 unspecified atom stereocenters. The van der Waals surface area contributed by atoms with Gasteiger partial charge in [0.15, 0.2) is 11.5 Å². The van der Waals surface area contributed by atoms with Crippen LogP contribution in [-0.4, -0.2) is 20.3 Å². The number of ether oxygens (including phenoxy) is 3. The van der Waals surface area contributed by atoms with E-state index in [0.29, 0.717) is 12.5 Å². The van der Waals surface area contributed by atoms with E-state index in [0.717, 1.165) is 48.7 Å². The third-order valence-electron chi connectivity index (χ3n) is 4.58. The predicted octanol–water partition coefficient (Wildman–Crippen LogP) is 4.12. The van der Waals surface area contributed by atoms with E-state index in [2.05, 4.69) is 0 Å². The van der Waals surface area contributed by atoms with Crippen LogP contribution < -0.4 is 15.2 Å². The minimum atomic E-state index is -0.00104. The van der Waals surface area contributed by atoms with Crippen molar-refractivity contribution in [1.29, 1.82) is 0 Å². The molecule has 4 nitrogen and oxygen atoms in total. The second-order valence-corrected chi connectivity index (χ2v) is 6.16. The van der Waals surface area contributed by atoms with Crippen molar-refractivity contribution in [1.82, 2.24) is 0 Å². The average molecular weight is 364 g/mol. The molecule has 1 aliphatic rings. The summed E-state index contributed by atoms with van der Waals surface area (Å²) in [5, 5.41) is 0. The molecule has 1 aliphatic heterocycles. The fraction of sp³-hybridized carbons (Fsp3) is 0.400. The largest absolute Gasteiger partial charge is 0.493 e. The van der Waals surface area contributed by atoms with Gasteiger partial charge in [-0.3, -0.25) is 0 Å². The minimum Gasteiger partial charge on any atom is -0.493 e. The third-order valence-corrected chi connectivity index (χ3v) is 4.58. The number of benzene rings is 2. The summed E-state index contributed by atoms with van der Waals surface area (Å²) in [6.45, 7) is 2.10. The summed E-state index contributed by atoms with van der Waals surface area (Å²) >= 11 is 0. The molecule has 2 N–H and O–H groups in total. The zero-order valence-electron chi connectivity index (χ0n) is 14.5. The molecule has 0 amide bonds. The van der Waals surface area contributed by atoms with E-state index >= 15 is 0 Å². The topological polar surface area (TPSA) is 53.7 Å². The molecule has 0 spiro atoms. The Hall–Kier alpha value is -1.75. The smallest absolute Gasteiger partial charge is 0.161 e. The molecule has 2 aromatic rings.